The lowest BCUT2D eigenvalue weighted by Crippen LogP contribution is -1.95. The van der Waals surface area contributed by atoms with Crippen LogP contribution in [0.25, 0.3) is 0 Å². The standard InChI is InChI=1S/C12H16N4/c1-9-6-7-10(2)11(8-9)4-3-5-12-13-15-16-14-12/h6-8H,3-5H2,1-2H3,(H,13,14,15,16). The molecule has 0 fully saturated rings. The number of hydrogen-bond donors (Lipinski definition) is 1. The Hall–Kier alpha value is -1.71. The molecule has 1 aromatic carbocycles. The zero-order valence-corrected chi connectivity index (χ0v) is 9.70. The van der Waals surface area contributed by atoms with Gasteiger partial charge in [-0.15, -0.1) is 10.2 Å². The first-order valence-corrected chi connectivity index (χ1v) is 5.54. The van der Waals surface area contributed by atoms with E-state index in [4.69, 9.17) is 0 Å². The number of aryl methyl sites for hydroxylation is 4. The van der Waals surface area contributed by atoms with Gasteiger partial charge in [-0.3, -0.25) is 0 Å². The van der Waals surface area contributed by atoms with E-state index in [1.54, 1.807) is 0 Å². The minimum atomic E-state index is 0.797. The van der Waals surface area contributed by atoms with Gasteiger partial charge < -0.3 is 0 Å². The summed E-state index contributed by atoms with van der Waals surface area (Å²) in [4.78, 5) is 0. The average molecular weight is 216 g/mol. The van der Waals surface area contributed by atoms with Crippen molar-refractivity contribution in [3.8, 4) is 0 Å². The summed E-state index contributed by atoms with van der Waals surface area (Å²) < 4.78 is 0. The molecule has 1 N–H and O–H groups in total. The lowest BCUT2D eigenvalue weighted by Gasteiger charge is -2.05. The summed E-state index contributed by atoms with van der Waals surface area (Å²) in [5, 5.41) is 13.9. The fraction of sp³-hybridized carbons (Fsp3) is 0.417. The minimum Gasteiger partial charge on any atom is -0.177 e. The number of nitrogens with one attached hydrogen (secondary N) is 1. The Kier molecular flexibility index (Phi) is 3.29. The van der Waals surface area contributed by atoms with E-state index in [0.717, 1.165) is 25.1 Å². The molecule has 4 nitrogen and oxygen atoms in total. The number of nitrogens with zero attached hydrogens (tertiary/aromatic N) is 3. The molecule has 0 aliphatic heterocycles. The Morgan fingerprint density at radius 1 is 1.19 bits per heavy atom. The molecule has 2 rings (SSSR count). The molecule has 4 heteroatoms. The highest BCUT2D eigenvalue weighted by molar-refractivity contribution is 5.30. The third kappa shape index (κ3) is 2.66. The van der Waals surface area contributed by atoms with Gasteiger partial charge >= 0.3 is 0 Å². The first kappa shape index (κ1) is 10.8. The van der Waals surface area contributed by atoms with Crippen LogP contribution >= 0.6 is 0 Å². The van der Waals surface area contributed by atoms with E-state index in [0.29, 0.717) is 0 Å². The first-order valence-electron chi connectivity index (χ1n) is 5.54. The van der Waals surface area contributed by atoms with Crippen molar-refractivity contribution in [3.63, 3.8) is 0 Å². The summed E-state index contributed by atoms with van der Waals surface area (Å²) in [6, 6.07) is 6.59. The molecule has 1 aromatic heterocycles. The van der Waals surface area contributed by atoms with Crippen molar-refractivity contribution in [1.29, 1.82) is 0 Å². The lowest BCUT2D eigenvalue weighted by molar-refractivity contribution is 0.770. The number of H-pyrrole nitrogens is 1. The van der Waals surface area contributed by atoms with E-state index in [-0.39, 0.29) is 0 Å². The van der Waals surface area contributed by atoms with E-state index in [9.17, 15) is 0 Å². The second-order valence-electron chi connectivity index (χ2n) is 4.11. The topological polar surface area (TPSA) is 54.5 Å². The van der Waals surface area contributed by atoms with Crippen LogP contribution in [0.3, 0.4) is 0 Å². The van der Waals surface area contributed by atoms with Crippen LogP contribution in [0.5, 0.6) is 0 Å². The quantitative estimate of drug-likeness (QED) is 0.850. The molecule has 16 heavy (non-hydrogen) atoms. The van der Waals surface area contributed by atoms with Gasteiger partial charge in [0.05, 0.1) is 0 Å². The third-order valence-electron chi connectivity index (χ3n) is 2.74. The van der Waals surface area contributed by atoms with Gasteiger partial charge in [-0.05, 0) is 37.8 Å². The number of hydrogen-bond acceptors (Lipinski definition) is 3. The Balaban J connectivity index is 1.92. The SMILES string of the molecule is Cc1ccc(C)c(CCCc2nn[nH]n2)c1. The molecule has 0 saturated heterocycles. The Bertz CT molecular complexity index is 448. The third-order valence-corrected chi connectivity index (χ3v) is 2.74. The van der Waals surface area contributed by atoms with Crippen LogP contribution in [0.15, 0.2) is 18.2 Å². The zero-order chi connectivity index (χ0) is 11.4. The highest BCUT2D eigenvalue weighted by Crippen LogP contribution is 2.13. The van der Waals surface area contributed by atoms with E-state index in [1.165, 1.54) is 16.7 Å². The van der Waals surface area contributed by atoms with E-state index < -0.39 is 0 Å². The number of rotatable bonds is 4. The fourth-order valence-electron chi connectivity index (χ4n) is 1.79. The van der Waals surface area contributed by atoms with Crippen molar-refractivity contribution in [2.24, 2.45) is 0 Å². The molecule has 2 aromatic rings. The number of aromatic nitrogens is 4. The Labute approximate surface area is 95.1 Å². The van der Waals surface area contributed by atoms with E-state index in [1.807, 2.05) is 0 Å². The van der Waals surface area contributed by atoms with Gasteiger partial charge in [-0.2, -0.15) is 5.21 Å². The van der Waals surface area contributed by atoms with E-state index in [2.05, 4.69) is 52.7 Å². The van der Waals surface area contributed by atoms with Crippen molar-refractivity contribution in [3.05, 3.63) is 40.7 Å². The first-order chi connectivity index (χ1) is 7.75. The Morgan fingerprint density at radius 3 is 2.81 bits per heavy atom. The minimum absolute atomic E-state index is 0.797. The van der Waals surface area contributed by atoms with Gasteiger partial charge in [0, 0.05) is 6.42 Å². The number of aromatic amines is 1. The van der Waals surface area contributed by atoms with Crippen LogP contribution in [0, 0.1) is 13.8 Å². The fourth-order valence-corrected chi connectivity index (χ4v) is 1.79. The monoisotopic (exact) mass is 216 g/mol. The van der Waals surface area contributed by atoms with Crippen LogP contribution in [0.2, 0.25) is 0 Å². The predicted molar refractivity (Wildman–Crippen MR) is 62.1 cm³/mol. The predicted octanol–water partition coefficient (Wildman–Crippen LogP) is 1.99. The van der Waals surface area contributed by atoms with Gasteiger partial charge in [0.2, 0.25) is 0 Å². The van der Waals surface area contributed by atoms with Crippen LogP contribution in [-0.4, -0.2) is 20.6 Å². The molecular formula is C12H16N4. The van der Waals surface area contributed by atoms with Gasteiger partial charge in [-0.25, -0.2) is 0 Å². The second kappa shape index (κ2) is 4.88. The molecule has 84 valence electrons. The van der Waals surface area contributed by atoms with Crippen LogP contribution in [0.1, 0.15) is 28.9 Å². The number of tetrazole rings is 1. The van der Waals surface area contributed by atoms with Crippen LogP contribution < -0.4 is 0 Å². The summed E-state index contributed by atoms with van der Waals surface area (Å²) in [6.45, 7) is 4.28. The van der Waals surface area contributed by atoms with Gasteiger partial charge in [0.25, 0.3) is 0 Å². The molecule has 1 heterocycles. The molecular weight excluding hydrogens is 200 g/mol. The van der Waals surface area contributed by atoms with Gasteiger partial charge in [-0.1, -0.05) is 29.0 Å². The molecule has 0 amide bonds. The molecule has 0 radical (unpaired) electrons. The second-order valence-corrected chi connectivity index (χ2v) is 4.11. The Morgan fingerprint density at radius 2 is 2.06 bits per heavy atom. The maximum Gasteiger partial charge on any atom is 0.174 e. The van der Waals surface area contributed by atoms with Crippen molar-refractivity contribution < 1.29 is 0 Å². The lowest BCUT2D eigenvalue weighted by atomic mass is 10.0. The van der Waals surface area contributed by atoms with Crippen molar-refractivity contribution in [2.45, 2.75) is 33.1 Å². The molecule has 0 spiro atoms. The summed E-state index contributed by atoms with van der Waals surface area (Å²) in [5.74, 6) is 0.797. The van der Waals surface area contributed by atoms with Crippen LogP contribution in [-0.2, 0) is 12.8 Å². The highest BCUT2D eigenvalue weighted by Gasteiger charge is 2.01. The van der Waals surface area contributed by atoms with Gasteiger partial charge in [0.1, 0.15) is 0 Å². The summed E-state index contributed by atoms with van der Waals surface area (Å²) in [6.07, 6.45) is 3.01. The largest absolute Gasteiger partial charge is 0.177 e. The molecule has 0 bridgehead atoms. The summed E-state index contributed by atoms with van der Waals surface area (Å²) in [5.41, 5.74) is 4.10. The molecule has 0 saturated carbocycles. The van der Waals surface area contributed by atoms with E-state index >= 15 is 0 Å². The maximum absolute atomic E-state index is 3.94. The average Bonchev–Trinajstić information content (AvgIpc) is 2.76. The maximum atomic E-state index is 3.94. The van der Waals surface area contributed by atoms with Crippen molar-refractivity contribution in [2.75, 3.05) is 0 Å². The smallest absolute Gasteiger partial charge is 0.174 e. The number of benzene rings is 1. The molecule has 0 aliphatic carbocycles. The highest BCUT2D eigenvalue weighted by atomic mass is 15.5. The molecule has 0 atom stereocenters. The molecule has 0 aliphatic rings. The normalized spacial score (nSPS) is 10.6. The summed E-state index contributed by atoms with van der Waals surface area (Å²) >= 11 is 0. The van der Waals surface area contributed by atoms with Crippen molar-refractivity contribution >= 4 is 0 Å². The summed E-state index contributed by atoms with van der Waals surface area (Å²) in [7, 11) is 0. The van der Waals surface area contributed by atoms with Gasteiger partial charge in [0.15, 0.2) is 5.82 Å². The molecule has 0 unspecified atom stereocenters. The van der Waals surface area contributed by atoms with Crippen molar-refractivity contribution in [1.82, 2.24) is 20.6 Å². The van der Waals surface area contributed by atoms with Crippen LogP contribution in [0.4, 0.5) is 0 Å². The zero-order valence-electron chi connectivity index (χ0n) is 9.70.